The molecule has 6 nitrogen and oxygen atoms in total. The minimum atomic E-state index is -3.65. The number of sulfonamides is 1. The molecule has 0 aliphatic rings. The van der Waals surface area contributed by atoms with Crippen LogP contribution in [0.5, 0.6) is 5.75 Å². The molecule has 0 saturated carbocycles. The normalized spacial score (nSPS) is 12.6. The molecule has 1 rings (SSSR count). The Morgan fingerprint density at radius 2 is 2.09 bits per heavy atom. The second-order valence-electron chi connectivity index (χ2n) is 4.84. The maximum absolute atomic E-state index is 12.1. The molecule has 1 atom stereocenters. The monoisotopic (exact) mass is 348 g/mol. The van der Waals surface area contributed by atoms with Crippen molar-refractivity contribution in [2.24, 2.45) is 0 Å². The van der Waals surface area contributed by atoms with Crippen LogP contribution in [0.25, 0.3) is 0 Å². The number of carbonyl (C=O) groups excluding carboxylic acids is 1. The smallest absolute Gasteiger partial charge is 0.243 e. The fourth-order valence-corrected chi connectivity index (χ4v) is 3.42. The summed E-state index contributed by atoms with van der Waals surface area (Å²) in [5.41, 5.74) is 0.312. The van der Waals surface area contributed by atoms with E-state index in [0.29, 0.717) is 18.0 Å². The Morgan fingerprint density at radius 3 is 2.55 bits per heavy atom. The van der Waals surface area contributed by atoms with Crippen LogP contribution in [-0.2, 0) is 14.8 Å². The minimum Gasteiger partial charge on any atom is -0.495 e. The van der Waals surface area contributed by atoms with E-state index in [1.165, 1.54) is 20.1 Å². The van der Waals surface area contributed by atoms with Gasteiger partial charge in [0.05, 0.1) is 24.1 Å². The zero-order valence-corrected chi connectivity index (χ0v) is 14.7. The van der Waals surface area contributed by atoms with E-state index < -0.39 is 16.1 Å². The van der Waals surface area contributed by atoms with Crippen LogP contribution in [0.4, 0.5) is 5.69 Å². The summed E-state index contributed by atoms with van der Waals surface area (Å²) in [6.45, 7) is 3.94. The number of hydrogen-bond donors (Lipinski definition) is 1. The van der Waals surface area contributed by atoms with Crippen molar-refractivity contribution in [2.75, 3.05) is 24.2 Å². The fraction of sp³-hybridized carbons (Fsp3) is 0.500. The molecule has 124 valence electrons. The molecule has 0 unspecified atom stereocenters. The molecule has 0 bridgehead atoms. The third-order valence-corrected chi connectivity index (χ3v) is 4.56. The van der Waals surface area contributed by atoms with Gasteiger partial charge in [0.1, 0.15) is 11.8 Å². The van der Waals surface area contributed by atoms with Gasteiger partial charge in [0.15, 0.2) is 0 Å². The van der Waals surface area contributed by atoms with E-state index in [1.807, 2.05) is 6.92 Å². The highest BCUT2D eigenvalue weighted by atomic mass is 35.5. The third kappa shape index (κ3) is 4.51. The first-order valence-electron chi connectivity index (χ1n) is 6.83. The van der Waals surface area contributed by atoms with Crippen molar-refractivity contribution in [2.45, 2.75) is 26.3 Å². The molecule has 0 spiro atoms. The lowest BCUT2D eigenvalue weighted by atomic mass is 10.2. The maximum Gasteiger partial charge on any atom is 0.243 e. The molecular formula is C14H21ClN2O4S. The predicted octanol–water partition coefficient (Wildman–Crippen LogP) is 2.03. The molecule has 1 aromatic carbocycles. The Balaban J connectivity index is 3.19. The average molecular weight is 349 g/mol. The molecule has 0 aromatic heterocycles. The lowest BCUT2D eigenvalue weighted by Gasteiger charge is -2.28. The van der Waals surface area contributed by atoms with Gasteiger partial charge in [0, 0.05) is 6.54 Å². The molecule has 22 heavy (non-hydrogen) atoms. The van der Waals surface area contributed by atoms with E-state index >= 15 is 0 Å². The van der Waals surface area contributed by atoms with Crippen molar-refractivity contribution >= 4 is 33.2 Å². The zero-order valence-electron chi connectivity index (χ0n) is 13.1. The van der Waals surface area contributed by atoms with Gasteiger partial charge in [-0.25, -0.2) is 8.42 Å². The first-order chi connectivity index (χ1) is 10.2. The summed E-state index contributed by atoms with van der Waals surface area (Å²) in [5, 5.41) is 2.96. The number of benzene rings is 1. The predicted molar refractivity (Wildman–Crippen MR) is 88.1 cm³/mol. The second kappa shape index (κ2) is 7.69. The number of methoxy groups -OCH3 is 1. The van der Waals surface area contributed by atoms with Crippen LogP contribution in [0.3, 0.4) is 0 Å². The minimum absolute atomic E-state index is 0.273. The van der Waals surface area contributed by atoms with E-state index in [0.717, 1.165) is 17.0 Å². The van der Waals surface area contributed by atoms with Gasteiger partial charge in [0.2, 0.25) is 15.9 Å². The van der Waals surface area contributed by atoms with Gasteiger partial charge in [-0.1, -0.05) is 18.5 Å². The second-order valence-corrected chi connectivity index (χ2v) is 7.11. The molecule has 8 heteroatoms. The number of nitrogens with zero attached hydrogens (tertiary/aromatic N) is 1. The van der Waals surface area contributed by atoms with Crippen molar-refractivity contribution in [1.82, 2.24) is 5.32 Å². The topological polar surface area (TPSA) is 75.7 Å². The van der Waals surface area contributed by atoms with E-state index in [9.17, 15) is 13.2 Å². The number of hydrogen-bond acceptors (Lipinski definition) is 4. The van der Waals surface area contributed by atoms with Crippen LogP contribution in [0.2, 0.25) is 5.02 Å². The lowest BCUT2D eigenvalue weighted by Crippen LogP contribution is -2.48. The molecule has 0 fully saturated rings. The molecule has 0 aliphatic carbocycles. The summed E-state index contributed by atoms with van der Waals surface area (Å²) in [4.78, 5) is 12.1. The number of rotatable bonds is 7. The van der Waals surface area contributed by atoms with Gasteiger partial charge in [0.25, 0.3) is 0 Å². The summed E-state index contributed by atoms with van der Waals surface area (Å²) in [5.74, 6) is 0.0705. The number of carbonyl (C=O) groups is 1. The van der Waals surface area contributed by atoms with Gasteiger partial charge in [-0.15, -0.1) is 0 Å². The van der Waals surface area contributed by atoms with E-state index in [1.54, 1.807) is 12.1 Å². The summed E-state index contributed by atoms with van der Waals surface area (Å²) >= 11 is 6.04. The van der Waals surface area contributed by atoms with Crippen molar-refractivity contribution < 1.29 is 17.9 Å². The van der Waals surface area contributed by atoms with Crippen LogP contribution in [0.15, 0.2) is 18.2 Å². The number of nitrogens with one attached hydrogen (secondary N) is 1. The Hall–Kier alpha value is -1.47. The largest absolute Gasteiger partial charge is 0.495 e. The summed E-state index contributed by atoms with van der Waals surface area (Å²) in [6.07, 6.45) is 1.82. The van der Waals surface area contributed by atoms with Gasteiger partial charge in [-0.05, 0) is 31.5 Å². The van der Waals surface area contributed by atoms with Crippen LogP contribution in [0.1, 0.15) is 20.3 Å². The first kappa shape index (κ1) is 18.6. The molecule has 1 N–H and O–H groups in total. The molecular weight excluding hydrogens is 328 g/mol. The molecule has 0 saturated heterocycles. The van der Waals surface area contributed by atoms with Gasteiger partial charge in [-0.3, -0.25) is 9.10 Å². The van der Waals surface area contributed by atoms with Crippen molar-refractivity contribution in [3.05, 3.63) is 23.2 Å². The van der Waals surface area contributed by atoms with Crippen molar-refractivity contribution in [1.29, 1.82) is 0 Å². The Morgan fingerprint density at radius 1 is 1.45 bits per heavy atom. The van der Waals surface area contributed by atoms with Crippen LogP contribution >= 0.6 is 11.6 Å². The van der Waals surface area contributed by atoms with E-state index in [2.05, 4.69) is 5.32 Å². The molecule has 1 amide bonds. The third-order valence-electron chi connectivity index (χ3n) is 3.03. The fourth-order valence-electron chi connectivity index (χ4n) is 2.00. The number of halogens is 1. The highest BCUT2D eigenvalue weighted by Gasteiger charge is 2.29. The molecule has 1 aromatic rings. The summed E-state index contributed by atoms with van der Waals surface area (Å²) < 4.78 is 30.3. The quantitative estimate of drug-likeness (QED) is 0.818. The van der Waals surface area contributed by atoms with Gasteiger partial charge in [-0.2, -0.15) is 0 Å². The Kier molecular flexibility index (Phi) is 6.49. The van der Waals surface area contributed by atoms with Crippen molar-refractivity contribution in [3.63, 3.8) is 0 Å². The van der Waals surface area contributed by atoms with Crippen molar-refractivity contribution in [3.8, 4) is 5.75 Å². The Bertz CT molecular complexity index is 634. The zero-order chi connectivity index (χ0) is 16.9. The number of amides is 1. The van der Waals surface area contributed by atoms with Crippen LogP contribution in [-0.4, -0.2) is 40.3 Å². The number of anilines is 1. The van der Waals surface area contributed by atoms with Gasteiger partial charge < -0.3 is 10.1 Å². The SMILES string of the molecule is CCCNC(=O)[C@H](C)N(c1ccc(OC)c(Cl)c1)S(C)(=O)=O. The highest BCUT2D eigenvalue weighted by molar-refractivity contribution is 7.92. The Labute approximate surface area is 136 Å². The molecule has 0 radical (unpaired) electrons. The first-order valence-corrected chi connectivity index (χ1v) is 9.05. The maximum atomic E-state index is 12.1. The summed E-state index contributed by atoms with van der Waals surface area (Å²) in [6, 6.07) is 3.69. The summed E-state index contributed by atoms with van der Waals surface area (Å²) in [7, 11) is -2.18. The average Bonchev–Trinajstić information content (AvgIpc) is 2.43. The molecule has 0 heterocycles. The molecule has 0 aliphatic heterocycles. The van der Waals surface area contributed by atoms with Gasteiger partial charge >= 0.3 is 0 Å². The lowest BCUT2D eigenvalue weighted by molar-refractivity contribution is -0.121. The van der Waals surface area contributed by atoms with E-state index in [4.69, 9.17) is 16.3 Å². The standard InChI is InChI=1S/C14H21ClN2O4S/c1-5-8-16-14(18)10(2)17(22(4,19)20)11-6-7-13(21-3)12(15)9-11/h6-7,9-10H,5,8H2,1-4H3,(H,16,18)/t10-/m0/s1. The number of ether oxygens (including phenoxy) is 1. The van der Waals surface area contributed by atoms with E-state index in [-0.39, 0.29) is 10.9 Å². The van der Waals surface area contributed by atoms with Crippen LogP contribution in [0, 0.1) is 0 Å². The van der Waals surface area contributed by atoms with Crippen LogP contribution < -0.4 is 14.4 Å². The highest BCUT2D eigenvalue weighted by Crippen LogP contribution is 2.31.